The Morgan fingerprint density at radius 3 is 2.94 bits per heavy atom. The Bertz CT molecular complexity index is 558. The Labute approximate surface area is 91.9 Å². The summed E-state index contributed by atoms with van der Waals surface area (Å²) in [6.45, 7) is 1.82. The van der Waals surface area contributed by atoms with Crippen LogP contribution < -0.4 is 4.72 Å². The average molecular weight is 242 g/mol. The lowest BCUT2D eigenvalue weighted by molar-refractivity contribution is 0.377. The molecule has 2 aromatic rings. The van der Waals surface area contributed by atoms with Gasteiger partial charge in [-0.2, -0.15) is 5.10 Å². The molecule has 0 aliphatic heterocycles. The summed E-state index contributed by atoms with van der Waals surface area (Å²) in [6.07, 6.45) is 1.37. The van der Waals surface area contributed by atoms with Gasteiger partial charge in [0.1, 0.15) is 0 Å². The molecule has 2 rings (SSSR count). The predicted octanol–water partition coefficient (Wildman–Crippen LogP) is 0.185. The quantitative estimate of drug-likeness (QED) is 0.796. The van der Waals surface area contributed by atoms with Gasteiger partial charge in [0.15, 0.2) is 10.8 Å². The molecule has 2 aromatic heterocycles. The number of nitrogens with zero attached hydrogens (tertiary/aromatic N) is 2. The number of hydrogen-bond donors (Lipinski definition) is 2. The fourth-order valence-electron chi connectivity index (χ4n) is 1.14. The minimum absolute atomic E-state index is 0.0173. The molecule has 0 bridgehead atoms. The van der Waals surface area contributed by atoms with Crippen LogP contribution in [0.5, 0.6) is 0 Å². The third-order valence-electron chi connectivity index (χ3n) is 1.88. The highest BCUT2D eigenvalue weighted by atomic mass is 32.2. The highest BCUT2D eigenvalue weighted by Gasteiger charge is 2.15. The minimum Gasteiger partial charge on any atom is -0.360 e. The van der Waals surface area contributed by atoms with Crippen LogP contribution in [-0.4, -0.2) is 23.8 Å². The molecule has 0 saturated carbocycles. The molecule has 86 valence electrons. The molecule has 0 saturated heterocycles. The van der Waals surface area contributed by atoms with Gasteiger partial charge in [-0.15, -0.1) is 0 Å². The molecule has 0 amide bonds. The summed E-state index contributed by atoms with van der Waals surface area (Å²) in [5.74, 6) is 0.459. The van der Waals surface area contributed by atoms with Crippen molar-refractivity contribution in [3.63, 3.8) is 0 Å². The van der Waals surface area contributed by atoms with E-state index in [1.165, 1.54) is 12.3 Å². The van der Waals surface area contributed by atoms with Crippen molar-refractivity contribution in [2.75, 3.05) is 0 Å². The summed E-state index contributed by atoms with van der Waals surface area (Å²) in [6, 6.07) is 3.03. The predicted molar refractivity (Wildman–Crippen MR) is 53.9 cm³/mol. The molecule has 0 radical (unpaired) electrons. The fraction of sp³-hybridized carbons (Fsp3) is 0.250. The lowest BCUT2D eigenvalue weighted by Crippen LogP contribution is -2.23. The SMILES string of the molecule is Cc1cc(CNS(=O)(=O)c2ccn[nH]2)on1. The van der Waals surface area contributed by atoms with Crippen LogP contribution >= 0.6 is 0 Å². The van der Waals surface area contributed by atoms with E-state index in [1.807, 2.05) is 0 Å². The second-order valence-electron chi connectivity index (χ2n) is 3.18. The van der Waals surface area contributed by atoms with Crippen molar-refractivity contribution in [3.05, 3.63) is 29.8 Å². The molecule has 0 unspecified atom stereocenters. The zero-order chi connectivity index (χ0) is 11.6. The van der Waals surface area contributed by atoms with Gasteiger partial charge in [0.05, 0.1) is 18.4 Å². The Hall–Kier alpha value is -1.67. The van der Waals surface area contributed by atoms with Crippen LogP contribution in [0.15, 0.2) is 27.9 Å². The van der Waals surface area contributed by atoms with Gasteiger partial charge in [-0.05, 0) is 13.0 Å². The van der Waals surface area contributed by atoms with Crippen LogP contribution in [0.4, 0.5) is 0 Å². The van der Waals surface area contributed by atoms with Gasteiger partial charge in [-0.3, -0.25) is 5.10 Å². The summed E-state index contributed by atoms with van der Waals surface area (Å²) in [4.78, 5) is 0. The van der Waals surface area contributed by atoms with Crippen molar-refractivity contribution in [1.82, 2.24) is 20.1 Å². The second kappa shape index (κ2) is 4.06. The highest BCUT2D eigenvalue weighted by Crippen LogP contribution is 2.06. The van der Waals surface area contributed by atoms with E-state index in [9.17, 15) is 8.42 Å². The van der Waals surface area contributed by atoms with E-state index in [2.05, 4.69) is 20.1 Å². The molecule has 0 aliphatic carbocycles. The fourth-order valence-corrected chi connectivity index (χ4v) is 2.04. The summed E-state index contributed by atoms with van der Waals surface area (Å²) < 4.78 is 30.5. The zero-order valence-corrected chi connectivity index (χ0v) is 9.28. The molecule has 8 heteroatoms. The maximum absolute atomic E-state index is 11.6. The molecule has 0 fully saturated rings. The summed E-state index contributed by atoms with van der Waals surface area (Å²) >= 11 is 0. The Morgan fingerprint density at radius 1 is 1.56 bits per heavy atom. The first-order chi connectivity index (χ1) is 7.58. The number of sulfonamides is 1. The van der Waals surface area contributed by atoms with Crippen molar-refractivity contribution in [2.45, 2.75) is 18.5 Å². The second-order valence-corrected chi connectivity index (χ2v) is 4.92. The number of aromatic nitrogens is 3. The minimum atomic E-state index is -3.56. The van der Waals surface area contributed by atoms with E-state index in [1.54, 1.807) is 13.0 Å². The molecule has 0 atom stereocenters. The maximum Gasteiger partial charge on any atom is 0.257 e. The van der Waals surface area contributed by atoms with Gasteiger partial charge in [0.2, 0.25) is 0 Å². The van der Waals surface area contributed by atoms with Crippen LogP contribution in [0.2, 0.25) is 0 Å². The number of nitrogens with one attached hydrogen (secondary N) is 2. The van der Waals surface area contributed by atoms with E-state index in [0.717, 1.165) is 0 Å². The van der Waals surface area contributed by atoms with Crippen molar-refractivity contribution in [1.29, 1.82) is 0 Å². The van der Waals surface area contributed by atoms with E-state index < -0.39 is 10.0 Å². The van der Waals surface area contributed by atoms with Gasteiger partial charge in [0, 0.05) is 6.07 Å². The monoisotopic (exact) mass is 242 g/mol. The summed E-state index contributed by atoms with van der Waals surface area (Å²) in [5.41, 5.74) is 0.704. The lowest BCUT2D eigenvalue weighted by atomic mass is 10.4. The Balaban J connectivity index is 2.06. The molecule has 0 spiro atoms. The van der Waals surface area contributed by atoms with Gasteiger partial charge >= 0.3 is 0 Å². The Morgan fingerprint density at radius 2 is 2.38 bits per heavy atom. The van der Waals surface area contributed by atoms with Crippen molar-refractivity contribution in [2.24, 2.45) is 0 Å². The summed E-state index contributed by atoms with van der Waals surface area (Å²) in [7, 11) is -3.56. The first-order valence-corrected chi connectivity index (χ1v) is 5.97. The van der Waals surface area contributed by atoms with Crippen LogP contribution in [0.25, 0.3) is 0 Å². The van der Waals surface area contributed by atoms with E-state index in [-0.39, 0.29) is 11.6 Å². The molecule has 0 aliphatic rings. The van der Waals surface area contributed by atoms with E-state index in [4.69, 9.17) is 4.52 Å². The smallest absolute Gasteiger partial charge is 0.257 e. The van der Waals surface area contributed by atoms with Crippen LogP contribution in [0.1, 0.15) is 11.5 Å². The number of aryl methyl sites for hydroxylation is 1. The molecule has 2 N–H and O–H groups in total. The third-order valence-corrected chi connectivity index (χ3v) is 3.21. The van der Waals surface area contributed by atoms with Crippen molar-refractivity contribution < 1.29 is 12.9 Å². The third kappa shape index (κ3) is 2.28. The topological polar surface area (TPSA) is 101 Å². The van der Waals surface area contributed by atoms with Gasteiger partial charge < -0.3 is 4.52 Å². The van der Waals surface area contributed by atoms with E-state index in [0.29, 0.717) is 11.5 Å². The summed E-state index contributed by atoms with van der Waals surface area (Å²) in [5, 5.41) is 9.61. The first-order valence-electron chi connectivity index (χ1n) is 4.49. The number of H-pyrrole nitrogens is 1. The van der Waals surface area contributed by atoms with Crippen LogP contribution in [-0.2, 0) is 16.6 Å². The van der Waals surface area contributed by atoms with Gasteiger partial charge in [-0.25, -0.2) is 13.1 Å². The van der Waals surface area contributed by atoms with Crippen LogP contribution in [0, 0.1) is 6.92 Å². The Kier molecular flexibility index (Phi) is 2.75. The largest absolute Gasteiger partial charge is 0.360 e. The van der Waals surface area contributed by atoms with Gasteiger partial charge in [-0.1, -0.05) is 5.16 Å². The first kappa shape index (κ1) is 10.8. The lowest BCUT2D eigenvalue weighted by Gasteiger charge is -2.00. The normalized spacial score (nSPS) is 11.8. The van der Waals surface area contributed by atoms with Crippen molar-refractivity contribution in [3.8, 4) is 0 Å². The molecular formula is C8H10N4O3S. The standard InChI is InChI=1S/C8H10N4O3S/c1-6-4-7(15-12-6)5-10-16(13,14)8-2-3-9-11-8/h2-4,10H,5H2,1H3,(H,9,11). The average Bonchev–Trinajstić information content (AvgIpc) is 2.85. The van der Waals surface area contributed by atoms with E-state index >= 15 is 0 Å². The number of aromatic amines is 1. The molecule has 2 heterocycles. The number of hydrogen-bond acceptors (Lipinski definition) is 5. The van der Waals surface area contributed by atoms with Crippen LogP contribution in [0.3, 0.4) is 0 Å². The van der Waals surface area contributed by atoms with Gasteiger partial charge in [0.25, 0.3) is 10.0 Å². The zero-order valence-electron chi connectivity index (χ0n) is 8.47. The molecule has 7 nitrogen and oxygen atoms in total. The van der Waals surface area contributed by atoms with Crippen molar-refractivity contribution >= 4 is 10.0 Å². The maximum atomic E-state index is 11.6. The number of rotatable bonds is 4. The molecule has 16 heavy (non-hydrogen) atoms. The molecular weight excluding hydrogens is 232 g/mol. The highest BCUT2D eigenvalue weighted by molar-refractivity contribution is 7.89. The molecule has 0 aromatic carbocycles.